The van der Waals surface area contributed by atoms with E-state index in [0.29, 0.717) is 41.0 Å². The van der Waals surface area contributed by atoms with Crippen LogP contribution in [0.25, 0.3) is 16.8 Å². The number of anilines is 1. The highest BCUT2D eigenvalue weighted by Crippen LogP contribution is 2.32. The zero-order valence-electron chi connectivity index (χ0n) is 16.9. The number of aromatic nitrogens is 2. The minimum Gasteiger partial charge on any atom is -0.392 e. The van der Waals surface area contributed by atoms with E-state index in [9.17, 15) is 24.8 Å². The fourth-order valence-electron chi connectivity index (χ4n) is 3.59. The summed E-state index contributed by atoms with van der Waals surface area (Å²) in [6.07, 6.45) is 3.25. The largest absolute Gasteiger partial charge is 0.398 e. The monoisotopic (exact) mass is 433 g/mol. The van der Waals surface area contributed by atoms with Crippen LogP contribution in [-0.4, -0.2) is 38.2 Å². The summed E-state index contributed by atoms with van der Waals surface area (Å²) in [7, 11) is 0. The Labute approximate surface area is 182 Å². The summed E-state index contributed by atoms with van der Waals surface area (Å²) in [5.41, 5.74) is 3.50. The molecule has 0 fully saturated rings. The van der Waals surface area contributed by atoms with Crippen LogP contribution in [0.2, 0.25) is 0 Å². The normalized spacial score (nSPS) is 12.6. The van der Waals surface area contributed by atoms with Gasteiger partial charge in [0.05, 0.1) is 23.6 Å². The maximum absolute atomic E-state index is 12.0. The van der Waals surface area contributed by atoms with Crippen LogP contribution in [0.15, 0.2) is 55.3 Å². The molecule has 0 saturated carbocycles. The van der Waals surface area contributed by atoms with Gasteiger partial charge in [0.15, 0.2) is 0 Å². The second-order valence-corrected chi connectivity index (χ2v) is 7.19. The van der Waals surface area contributed by atoms with Gasteiger partial charge < -0.3 is 25.9 Å². The summed E-state index contributed by atoms with van der Waals surface area (Å²) >= 11 is 0. The number of aliphatic hydroxyl groups is 1. The number of hydrogen-bond acceptors (Lipinski definition) is 6. The molecule has 0 radical (unpaired) electrons. The van der Waals surface area contributed by atoms with E-state index in [1.54, 1.807) is 36.4 Å². The lowest BCUT2D eigenvalue weighted by Crippen LogP contribution is -2.31. The zero-order chi connectivity index (χ0) is 22.8. The van der Waals surface area contributed by atoms with Crippen molar-refractivity contribution >= 4 is 23.3 Å². The third-order valence-electron chi connectivity index (χ3n) is 5.09. The lowest BCUT2D eigenvalue weighted by Gasteiger charge is -2.16. The molecule has 162 valence electrons. The molecule has 2 aromatic carbocycles. The molecule has 10 heteroatoms. The van der Waals surface area contributed by atoms with Crippen molar-refractivity contribution in [1.82, 2.24) is 15.1 Å². The predicted octanol–water partition coefficient (Wildman–Crippen LogP) is 2.35. The average Bonchev–Trinajstić information content (AvgIpc) is 3.25. The van der Waals surface area contributed by atoms with E-state index in [1.807, 2.05) is 0 Å². The molecule has 2 amide bonds. The number of carbonyl (C=O) groups excluding carboxylic acids is 2. The first-order valence-corrected chi connectivity index (χ1v) is 9.73. The minimum absolute atomic E-state index is 0.169. The topological polar surface area (TPSA) is 139 Å². The summed E-state index contributed by atoms with van der Waals surface area (Å²) < 4.78 is 1.32. The van der Waals surface area contributed by atoms with E-state index in [0.717, 1.165) is 11.6 Å². The second-order valence-electron chi connectivity index (χ2n) is 7.19. The quantitative estimate of drug-likeness (QED) is 0.310. The molecule has 10 nitrogen and oxygen atoms in total. The summed E-state index contributed by atoms with van der Waals surface area (Å²) in [6, 6.07) is 9.84. The lowest BCUT2D eigenvalue weighted by molar-refractivity contribution is -0.389. The third-order valence-corrected chi connectivity index (χ3v) is 5.09. The van der Waals surface area contributed by atoms with Gasteiger partial charge in [-0.3, -0.25) is 9.59 Å². The smallest absolute Gasteiger partial charge is 0.392 e. The maximum atomic E-state index is 12.0. The Hall–Kier alpha value is -4.31. The van der Waals surface area contributed by atoms with Crippen LogP contribution in [0.3, 0.4) is 0 Å². The average molecular weight is 433 g/mol. The molecule has 1 aliphatic rings. The first kappa shape index (κ1) is 20.9. The Bertz CT molecular complexity index is 1260. The molecule has 3 aromatic rings. The van der Waals surface area contributed by atoms with Crippen LogP contribution in [0.1, 0.15) is 21.5 Å². The van der Waals surface area contributed by atoms with Crippen molar-refractivity contribution in [3.63, 3.8) is 0 Å². The molecule has 0 bridgehead atoms. The standard InChI is InChI=1S/C22H19N5O5/c1-2-20(29)24-16-7-13(12-28)8-17(10-16)26-11-19(21(25-26)27(31)32)14-3-4-18-15(9-14)5-6-23-22(18)30/h2-4,7-11,28H,1,5-6,12H2,(H,23,30)(H,24,29). The van der Waals surface area contributed by atoms with E-state index in [4.69, 9.17) is 0 Å². The molecule has 0 unspecified atom stereocenters. The Morgan fingerprint density at radius 3 is 2.84 bits per heavy atom. The first-order valence-electron chi connectivity index (χ1n) is 9.73. The molecule has 2 heterocycles. The van der Waals surface area contributed by atoms with Crippen molar-refractivity contribution in [3.05, 3.63) is 82.1 Å². The van der Waals surface area contributed by atoms with Crippen molar-refractivity contribution in [2.75, 3.05) is 11.9 Å². The number of nitrogens with zero attached hydrogens (tertiary/aromatic N) is 3. The number of rotatable bonds is 6. The van der Waals surface area contributed by atoms with Crippen LogP contribution in [0.4, 0.5) is 11.5 Å². The molecular formula is C22H19N5O5. The highest BCUT2D eigenvalue weighted by molar-refractivity contribution is 5.99. The number of benzene rings is 2. The number of fused-ring (bicyclic) bond motifs is 1. The number of hydrogen-bond donors (Lipinski definition) is 3. The van der Waals surface area contributed by atoms with Crippen molar-refractivity contribution in [2.24, 2.45) is 0 Å². The van der Waals surface area contributed by atoms with Crippen molar-refractivity contribution < 1.29 is 19.6 Å². The van der Waals surface area contributed by atoms with Crippen molar-refractivity contribution in [3.8, 4) is 16.8 Å². The van der Waals surface area contributed by atoms with E-state index >= 15 is 0 Å². The molecular weight excluding hydrogens is 414 g/mol. The van der Waals surface area contributed by atoms with Gasteiger partial charge in [-0.2, -0.15) is 0 Å². The van der Waals surface area contributed by atoms with Crippen LogP contribution in [-0.2, 0) is 17.8 Å². The summed E-state index contributed by atoms with van der Waals surface area (Å²) in [4.78, 5) is 34.8. The highest BCUT2D eigenvalue weighted by Gasteiger charge is 2.25. The molecule has 1 aromatic heterocycles. The first-order chi connectivity index (χ1) is 15.4. The van der Waals surface area contributed by atoms with Crippen LogP contribution in [0.5, 0.6) is 0 Å². The zero-order valence-corrected chi connectivity index (χ0v) is 16.9. The molecule has 4 rings (SSSR count). The van der Waals surface area contributed by atoms with Crippen LogP contribution in [0, 0.1) is 10.1 Å². The van der Waals surface area contributed by atoms with Gasteiger partial charge in [-0.1, -0.05) is 12.6 Å². The Morgan fingerprint density at radius 1 is 1.31 bits per heavy atom. The number of amides is 2. The van der Waals surface area contributed by atoms with Crippen LogP contribution < -0.4 is 10.6 Å². The van der Waals surface area contributed by atoms with Gasteiger partial charge in [-0.15, -0.1) is 4.68 Å². The van der Waals surface area contributed by atoms with E-state index in [2.05, 4.69) is 22.3 Å². The van der Waals surface area contributed by atoms with E-state index < -0.39 is 10.8 Å². The second kappa shape index (κ2) is 8.44. The van der Waals surface area contributed by atoms with E-state index in [1.165, 1.54) is 10.9 Å². The maximum Gasteiger partial charge on any atom is 0.398 e. The van der Waals surface area contributed by atoms with Gasteiger partial charge in [-0.05, 0) is 64.4 Å². The van der Waals surface area contributed by atoms with Gasteiger partial charge in [0.1, 0.15) is 5.56 Å². The fourth-order valence-corrected chi connectivity index (χ4v) is 3.59. The number of carbonyl (C=O) groups is 2. The van der Waals surface area contributed by atoms with Crippen molar-refractivity contribution in [1.29, 1.82) is 0 Å². The van der Waals surface area contributed by atoms with Crippen molar-refractivity contribution in [2.45, 2.75) is 13.0 Å². The molecule has 0 spiro atoms. The van der Waals surface area contributed by atoms with Gasteiger partial charge in [0.25, 0.3) is 5.91 Å². The number of nitro groups is 1. The molecule has 32 heavy (non-hydrogen) atoms. The molecule has 0 aliphatic carbocycles. The minimum atomic E-state index is -0.575. The predicted molar refractivity (Wildman–Crippen MR) is 116 cm³/mol. The molecule has 1 aliphatic heterocycles. The van der Waals surface area contributed by atoms with Gasteiger partial charge in [0, 0.05) is 17.8 Å². The Morgan fingerprint density at radius 2 is 2.12 bits per heavy atom. The van der Waals surface area contributed by atoms with Gasteiger partial charge in [-0.25, -0.2) is 0 Å². The Kier molecular flexibility index (Phi) is 5.52. The Balaban J connectivity index is 1.80. The summed E-state index contributed by atoms with van der Waals surface area (Å²) in [5, 5.41) is 30.8. The summed E-state index contributed by atoms with van der Waals surface area (Å²) in [6.45, 7) is 3.61. The van der Waals surface area contributed by atoms with Gasteiger partial charge in [0.2, 0.25) is 5.91 Å². The molecule has 0 saturated heterocycles. The van der Waals surface area contributed by atoms with Gasteiger partial charge >= 0.3 is 5.82 Å². The molecule has 3 N–H and O–H groups in total. The number of nitrogens with one attached hydrogen (secondary N) is 2. The number of aliphatic hydroxyl groups excluding tert-OH is 1. The molecule has 0 atom stereocenters. The highest BCUT2D eigenvalue weighted by atomic mass is 16.6. The van der Waals surface area contributed by atoms with E-state index in [-0.39, 0.29) is 23.9 Å². The lowest BCUT2D eigenvalue weighted by atomic mass is 9.96. The SMILES string of the molecule is C=CC(=O)Nc1cc(CO)cc(-n2cc(-c3ccc4c(c3)CCNC4=O)c([N+](=O)[O-])n2)c1. The fraction of sp³-hybridized carbons (Fsp3) is 0.136. The summed E-state index contributed by atoms with van der Waals surface area (Å²) in [5.74, 6) is -0.953. The van der Waals surface area contributed by atoms with Crippen LogP contribution >= 0.6 is 0 Å². The third kappa shape index (κ3) is 3.98.